The van der Waals surface area contributed by atoms with Crippen molar-refractivity contribution in [2.75, 3.05) is 13.1 Å². The monoisotopic (exact) mass is 499 g/mol. The molecule has 0 radical (unpaired) electrons. The standard InChI is InChI=1S/C23H23N5O.C2HF3O2/c24-12-18-6-8-19(9-7-18)15-28-17-25-13-22(28)14-26-21-10-11-27(16-21)23(29)20-4-2-1-3-5-20;3-2(4,5)1(6)7/h1-9,13,17,21,26H,10-11,14-16H2;(H,6,7). The minimum atomic E-state index is -5.08. The number of halogens is 3. The first kappa shape index (κ1) is 26.4. The molecule has 1 fully saturated rings. The molecule has 0 aliphatic carbocycles. The lowest BCUT2D eigenvalue weighted by molar-refractivity contribution is -0.192. The van der Waals surface area contributed by atoms with Gasteiger partial charge in [-0.25, -0.2) is 9.78 Å². The SMILES string of the molecule is N#Cc1ccc(Cn2cncc2CNC2CCN(C(=O)c3ccccc3)C2)cc1.O=C(O)C(F)(F)F. The molecular formula is C25H24F3N5O3. The van der Waals surface area contributed by atoms with E-state index in [0.717, 1.165) is 36.3 Å². The molecule has 11 heteroatoms. The normalized spacial score (nSPS) is 15.1. The highest BCUT2D eigenvalue weighted by atomic mass is 19.4. The summed E-state index contributed by atoms with van der Waals surface area (Å²) in [4.78, 5) is 27.7. The Bertz CT molecular complexity index is 1200. The zero-order chi connectivity index (χ0) is 26.1. The van der Waals surface area contributed by atoms with Gasteiger partial charge in [-0.05, 0) is 36.2 Å². The minimum Gasteiger partial charge on any atom is -0.475 e. The number of nitriles is 1. The topological polar surface area (TPSA) is 111 Å². The van der Waals surface area contributed by atoms with Gasteiger partial charge in [-0.2, -0.15) is 18.4 Å². The Kier molecular flexibility index (Phi) is 8.81. The molecule has 0 spiro atoms. The number of amides is 1. The summed E-state index contributed by atoms with van der Waals surface area (Å²) in [5.74, 6) is -2.66. The van der Waals surface area contributed by atoms with Crippen molar-refractivity contribution in [2.24, 2.45) is 0 Å². The zero-order valence-corrected chi connectivity index (χ0v) is 19.2. The van der Waals surface area contributed by atoms with Crippen LogP contribution in [0.3, 0.4) is 0 Å². The molecule has 188 valence electrons. The summed E-state index contributed by atoms with van der Waals surface area (Å²) in [6, 6.07) is 19.5. The van der Waals surface area contributed by atoms with Crippen LogP contribution in [0.15, 0.2) is 67.1 Å². The van der Waals surface area contributed by atoms with E-state index >= 15 is 0 Å². The largest absolute Gasteiger partial charge is 0.490 e. The lowest BCUT2D eigenvalue weighted by atomic mass is 10.1. The quantitative estimate of drug-likeness (QED) is 0.538. The van der Waals surface area contributed by atoms with Crippen molar-refractivity contribution >= 4 is 11.9 Å². The van der Waals surface area contributed by atoms with Gasteiger partial charge in [0.15, 0.2) is 0 Å². The number of aromatic nitrogens is 2. The third kappa shape index (κ3) is 7.41. The van der Waals surface area contributed by atoms with Crippen LogP contribution < -0.4 is 5.32 Å². The predicted molar refractivity (Wildman–Crippen MR) is 124 cm³/mol. The van der Waals surface area contributed by atoms with Gasteiger partial charge in [-0.3, -0.25) is 4.79 Å². The minimum absolute atomic E-state index is 0.0979. The van der Waals surface area contributed by atoms with Crippen molar-refractivity contribution < 1.29 is 27.9 Å². The number of carboxylic acid groups (broad SMARTS) is 1. The van der Waals surface area contributed by atoms with Crippen molar-refractivity contribution in [3.8, 4) is 6.07 Å². The molecule has 0 bridgehead atoms. The molecule has 1 saturated heterocycles. The number of rotatable bonds is 6. The average molecular weight is 499 g/mol. The number of alkyl halides is 3. The van der Waals surface area contributed by atoms with E-state index in [-0.39, 0.29) is 11.9 Å². The molecule has 2 N–H and O–H groups in total. The van der Waals surface area contributed by atoms with E-state index in [1.165, 1.54) is 0 Å². The molecule has 1 aromatic heterocycles. The van der Waals surface area contributed by atoms with Gasteiger partial charge in [-0.15, -0.1) is 0 Å². The lowest BCUT2D eigenvalue weighted by Gasteiger charge is -2.17. The van der Waals surface area contributed by atoms with Crippen LogP contribution in [0.1, 0.15) is 33.6 Å². The van der Waals surface area contributed by atoms with Gasteiger partial charge in [0.25, 0.3) is 5.91 Å². The summed E-state index contributed by atoms with van der Waals surface area (Å²) < 4.78 is 33.8. The molecule has 1 unspecified atom stereocenters. The number of aliphatic carboxylic acids is 1. The molecule has 2 heterocycles. The van der Waals surface area contributed by atoms with Crippen molar-refractivity contribution in [3.63, 3.8) is 0 Å². The maximum Gasteiger partial charge on any atom is 0.490 e. The highest BCUT2D eigenvalue weighted by molar-refractivity contribution is 5.94. The van der Waals surface area contributed by atoms with E-state index in [9.17, 15) is 18.0 Å². The summed E-state index contributed by atoms with van der Waals surface area (Å²) in [6.45, 7) is 2.91. The molecule has 1 aliphatic heterocycles. The number of benzene rings is 2. The van der Waals surface area contributed by atoms with E-state index in [2.05, 4.69) is 20.9 Å². The number of nitrogens with zero attached hydrogens (tertiary/aromatic N) is 4. The van der Waals surface area contributed by atoms with E-state index in [0.29, 0.717) is 18.7 Å². The number of carbonyl (C=O) groups is 2. The fourth-order valence-electron chi connectivity index (χ4n) is 3.64. The molecule has 36 heavy (non-hydrogen) atoms. The number of carbonyl (C=O) groups excluding carboxylic acids is 1. The Hall–Kier alpha value is -4.17. The first-order valence-corrected chi connectivity index (χ1v) is 11.0. The first-order chi connectivity index (χ1) is 17.2. The van der Waals surface area contributed by atoms with Crippen molar-refractivity contribution in [1.29, 1.82) is 5.26 Å². The summed E-state index contributed by atoms with van der Waals surface area (Å²) in [7, 11) is 0. The summed E-state index contributed by atoms with van der Waals surface area (Å²) in [5, 5.41) is 19.6. The fraction of sp³-hybridized carbons (Fsp3) is 0.280. The molecule has 1 aliphatic rings. The van der Waals surface area contributed by atoms with Gasteiger partial charge in [-0.1, -0.05) is 30.3 Å². The summed E-state index contributed by atoms with van der Waals surface area (Å²) >= 11 is 0. The third-order valence-electron chi connectivity index (χ3n) is 5.55. The van der Waals surface area contributed by atoms with Crippen LogP contribution in [0.2, 0.25) is 0 Å². The number of likely N-dealkylation sites (tertiary alicyclic amines) is 1. The van der Waals surface area contributed by atoms with E-state index in [4.69, 9.17) is 15.2 Å². The second-order valence-electron chi connectivity index (χ2n) is 8.11. The van der Waals surface area contributed by atoms with Crippen molar-refractivity contribution in [2.45, 2.75) is 31.7 Å². The Balaban J connectivity index is 0.000000454. The van der Waals surface area contributed by atoms with Gasteiger partial charge < -0.3 is 19.9 Å². The molecule has 1 atom stereocenters. The number of imidazole rings is 1. The molecule has 2 aromatic carbocycles. The highest BCUT2D eigenvalue weighted by Gasteiger charge is 2.38. The van der Waals surface area contributed by atoms with Crippen LogP contribution in [-0.2, 0) is 17.9 Å². The van der Waals surface area contributed by atoms with Crippen LogP contribution >= 0.6 is 0 Å². The van der Waals surface area contributed by atoms with Crippen LogP contribution in [0.25, 0.3) is 0 Å². The molecular weight excluding hydrogens is 475 g/mol. The summed E-state index contributed by atoms with van der Waals surface area (Å²) in [6.07, 6.45) is -0.435. The Morgan fingerprint density at radius 2 is 1.81 bits per heavy atom. The predicted octanol–water partition coefficient (Wildman–Crippen LogP) is 3.44. The third-order valence-corrected chi connectivity index (χ3v) is 5.55. The molecule has 3 aromatic rings. The number of nitrogens with one attached hydrogen (secondary N) is 1. The molecule has 4 rings (SSSR count). The van der Waals surface area contributed by atoms with Crippen LogP contribution in [0.4, 0.5) is 13.2 Å². The summed E-state index contributed by atoms with van der Waals surface area (Å²) in [5.41, 5.74) is 3.64. The van der Waals surface area contributed by atoms with Gasteiger partial charge in [0.2, 0.25) is 0 Å². The van der Waals surface area contributed by atoms with Crippen molar-refractivity contribution in [3.05, 3.63) is 89.5 Å². The average Bonchev–Trinajstić information content (AvgIpc) is 3.52. The number of carboxylic acids is 1. The van der Waals surface area contributed by atoms with Gasteiger partial charge in [0.05, 0.1) is 23.7 Å². The smallest absolute Gasteiger partial charge is 0.475 e. The van der Waals surface area contributed by atoms with Crippen LogP contribution in [0, 0.1) is 11.3 Å². The highest BCUT2D eigenvalue weighted by Crippen LogP contribution is 2.15. The number of hydrogen-bond donors (Lipinski definition) is 2. The van der Waals surface area contributed by atoms with Crippen molar-refractivity contribution in [1.82, 2.24) is 19.8 Å². The van der Waals surface area contributed by atoms with Crippen LogP contribution in [0.5, 0.6) is 0 Å². The van der Waals surface area contributed by atoms with E-state index < -0.39 is 12.1 Å². The molecule has 1 amide bonds. The Labute approximate surface area is 205 Å². The first-order valence-electron chi connectivity index (χ1n) is 11.0. The maximum absolute atomic E-state index is 12.6. The number of hydrogen-bond acceptors (Lipinski definition) is 5. The second kappa shape index (κ2) is 12.0. The van der Waals surface area contributed by atoms with Gasteiger partial charge >= 0.3 is 12.1 Å². The van der Waals surface area contributed by atoms with E-state index in [1.54, 1.807) is 0 Å². The lowest BCUT2D eigenvalue weighted by Crippen LogP contribution is -2.35. The second-order valence-corrected chi connectivity index (χ2v) is 8.11. The van der Waals surface area contributed by atoms with Gasteiger partial charge in [0.1, 0.15) is 0 Å². The van der Waals surface area contributed by atoms with E-state index in [1.807, 2.05) is 72.0 Å². The maximum atomic E-state index is 12.6. The molecule has 8 nitrogen and oxygen atoms in total. The fourth-order valence-corrected chi connectivity index (χ4v) is 3.64. The Morgan fingerprint density at radius 3 is 2.42 bits per heavy atom. The molecule has 0 saturated carbocycles. The Morgan fingerprint density at radius 1 is 1.14 bits per heavy atom. The van der Waals surface area contributed by atoms with Gasteiger partial charge in [0, 0.05) is 44.0 Å². The van der Waals surface area contributed by atoms with Crippen LogP contribution in [-0.4, -0.2) is 56.7 Å². The zero-order valence-electron chi connectivity index (χ0n) is 19.2.